The molecule has 1 aliphatic carbocycles. The molecule has 1 N–H and O–H groups in total. The highest BCUT2D eigenvalue weighted by atomic mass is 16.5. The van der Waals surface area contributed by atoms with Crippen LogP contribution in [0.15, 0.2) is 65.6 Å². The minimum atomic E-state index is -0.369. The maximum absolute atomic E-state index is 12.5. The fourth-order valence-electron chi connectivity index (χ4n) is 2.86. The quantitative estimate of drug-likeness (QED) is 0.541. The lowest BCUT2D eigenvalue weighted by Gasteiger charge is -2.09. The molecule has 4 rings (SSSR count). The summed E-state index contributed by atoms with van der Waals surface area (Å²) in [5.74, 6) is 1.60. The van der Waals surface area contributed by atoms with Crippen LogP contribution in [0.3, 0.4) is 0 Å². The van der Waals surface area contributed by atoms with Crippen LogP contribution >= 0.6 is 0 Å². The van der Waals surface area contributed by atoms with Crippen LogP contribution in [0.5, 0.6) is 11.6 Å². The summed E-state index contributed by atoms with van der Waals surface area (Å²) >= 11 is 0. The number of nitrogens with one attached hydrogen (secondary N) is 1. The van der Waals surface area contributed by atoms with Gasteiger partial charge in [0.1, 0.15) is 18.1 Å². The van der Waals surface area contributed by atoms with Crippen molar-refractivity contribution in [3.8, 4) is 11.6 Å². The topological polar surface area (TPSA) is 95.3 Å². The van der Waals surface area contributed by atoms with Gasteiger partial charge in [-0.3, -0.25) is 9.59 Å². The van der Waals surface area contributed by atoms with E-state index in [2.05, 4.69) is 15.4 Å². The summed E-state index contributed by atoms with van der Waals surface area (Å²) in [6.07, 6.45) is 4.13. The third-order valence-electron chi connectivity index (χ3n) is 4.83. The summed E-state index contributed by atoms with van der Waals surface area (Å²) in [5, 5.41) is 6.95. The SMILES string of the molecule is O=C(NCc1ccc(OCC2CC2)nc1)c1ccc(=O)n(CCOc2ccccc2)n1. The number of nitrogens with zero attached hydrogens (tertiary/aromatic N) is 3. The monoisotopic (exact) mass is 420 g/mol. The van der Waals surface area contributed by atoms with Gasteiger partial charge in [0.05, 0.1) is 13.2 Å². The van der Waals surface area contributed by atoms with Crippen molar-refractivity contribution in [3.05, 3.63) is 82.4 Å². The normalized spacial score (nSPS) is 12.9. The van der Waals surface area contributed by atoms with Gasteiger partial charge in [-0.05, 0) is 42.5 Å². The van der Waals surface area contributed by atoms with E-state index in [0.717, 1.165) is 5.56 Å². The van der Waals surface area contributed by atoms with Gasteiger partial charge in [-0.25, -0.2) is 9.67 Å². The zero-order valence-corrected chi connectivity index (χ0v) is 17.1. The summed E-state index contributed by atoms with van der Waals surface area (Å²) in [7, 11) is 0. The van der Waals surface area contributed by atoms with Crippen LogP contribution in [-0.4, -0.2) is 33.9 Å². The first-order chi connectivity index (χ1) is 15.2. The molecule has 0 saturated heterocycles. The van der Waals surface area contributed by atoms with E-state index < -0.39 is 0 Å². The lowest BCUT2D eigenvalue weighted by Crippen LogP contribution is -2.30. The highest BCUT2D eigenvalue weighted by molar-refractivity contribution is 5.91. The van der Waals surface area contributed by atoms with Gasteiger partial charge in [-0.2, -0.15) is 5.10 Å². The number of benzene rings is 1. The lowest BCUT2D eigenvalue weighted by molar-refractivity contribution is 0.0943. The van der Waals surface area contributed by atoms with Crippen molar-refractivity contribution in [2.75, 3.05) is 13.2 Å². The summed E-state index contributed by atoms with van der Waals surface area (Å²) in [4.78, 5) is 28.8. The molecule has 0 spiro atoms. The standard InChI is InChI=1S/C23H24N4O4/c28-22-11-9-20(26-27(22)12-13-30-19-4-2-1-3-5-19)23(29)25-15-18-8-10-21(24-14-18)31-16-17-6-7-17/h1-5,8-11,14,17H,6-7,12-13,15-16H2,(H,25,29). The van der Waals surface area contributed by atoms with Gasteiger partial charge in [0.25, 0.3) is 11.5 Å². The largest absolute Gasteiger partial charge is 0.492 e. The van der Waals surface area contributed by atoms with E-state index in [-0.39, 0.29) is 30.3 Å². The Morgan fingerprint density at radius 2 is 1.90 bits per heavy atom. The second-order valence-electron chi connectivity index (χ2n) is 7.38. The average molecular weight is 420 g/mol. The molecule has 1 aliphatic rings. The Morgan fingerprint density at radius 3 is 2.65 bits per heavy atom. The summed E-state index contributed by atoms with van der Waals surface area (Å²) in [6.45, 7) is 1.51. The number of rotatable bonds is 10. The number of para-hydroxylation sites is 1. The van der Waals surface area contributed by atoms with Crippen molar-refractivity contribution in [2.24, 2.45) is 5.92 Å². The Labute approximate surface area is 179 Å². The fourth-order valence-corrected chi connectivity index (χ4v) is 2.86. The molecule has 31 heavy (non-hydrogen) atoms. The molecule has 1 amide bonds. The molecule has 8 nitrogen and oxygen atoms in total. The highest BCUT2D eigenvalue weighted by Crippen LogP contribution is 2.29. The number of amides is 1. The van der Waals surface area contributed by atoms with Gasteiger partial charge >= 0.3 is 0 Å². The number of carbonyl (C=O) groups excluding carboxylic acids is 1. The molecule has 1 fully saturated rings. The van der Waals surface area contributed by atoms with Crippen LogP contribution in [0.2, 0.25) is 0 Å². The van der Waals surface area contributed by atoms with Crippen molar-refractivity contribution in [1.29, 1.82) is 0 Å². The van der Waals surface area contributed by atoms with E-state index in [1.54, 1.807) is 12.3 Å². The molecule has 0 unspecified atom stereocenters. The maximum atomic E-state index is 12.5. The molecule has 160 valence electrons. The maximum Gasteiger partial charge on any atom is 0.271 e. The van der Waals surface area contributed by atoms with Crippen molar-refractivity contribution >= 4 is 5.91 Å². The number of ether oxygens (including phenoxy) is 2. The van der Waals surface area contributed by atoms with E-state index in [1.165, 1.54) is 29.7 Å². The van der Waals surface area contributed by atoms with Crippen LogP contribution in [-0.2, 0) is 13.1 Å². The Hall–Kier alpha value is -3.68. The molecule has 0 radical (unpaired) electrons. The van der Waals surface area contributed by atoms with Crippen LogP contribution in [0.1, 0.15) is 28.9 Å². The van der Waals surface area contributed by atoms with Crippen molar-refractivity contribution in [2.45, 2.75) is 25.9 Å². The first-order valence-corrected chi connectivity index (χ1v) is 10.3. The number of aromatic nitrogens is 3. The molecular formula is C23H24N4O4. The second-order valence-corrected chi connectivity index (χ2v) is 7.38. The predicted molar refractivity (Wildman–Crippen MR) is 114 cm³/mol. The third-order valence-corrected chi connectivity index (χ3v) is 4.83. The minimum absolute atomic E-state index is 0.164. The molecule has 2 heterocycles. The fraction of sp³-hybridized carbons (Fsp3) is 0.304. The molecule has 0 bridgehead atoms. The number of hydrogen-bond acceptors (Lipinski definition) is 6. The van der Waals surface area contributed by atoms with Gasteiger partial charge in [-0.1, -0.05) is 24.3 Å². The van der Waals surface area contributed by atoms with Crippen molar-refractivity contribution < 1.29 is 14.3 Å². The zero-order chi connectivity index (χ0) is 21.5. The molecule has 3 aromatic rings. The van der Waals surface area contributed by atoms with E-state index in [0.29, 0.717) is 30.7 Å². The predicted octanol–water partition coefficient (Wildman–Crippen LogP) is 2.44. The second kappa shape index (κ2) is 9.88. The van der Waals surface area contributed by atoms with E-state index in [4.69, 9.17) is 9.47 Å². The average Bonchev–Trinajstić information content (AvgIpc) is 3.63. The Morgan fingerprint density at radius 1 is 1.06 bits per heavy atom. The smallest absolute Gasteiger partial charge is 0.271 e. The van der Waals surface area contributed by atoms with Gasteiger partial charge in [0.15, 0.2) is 0 Å². The zero-order valence-electron chi connectivity index (χ0n) is 17.1. The van der Waals surface area contributed by atoms with Crippen LogP contribution < -0.4 is 20.3 Å². The van der Waals surface area contributed by atoms with Gasteiger partial charge in [0.2, 0.25) is 5.88 Å². The highest BCUT2D eigenvalue weighted by Gasteiger charge is 2.22. The van der Waals surface area contributed by atoms with Crippen LogP contribution in [0.4, 0.5) is 0 Å². The Bertz CT molecular complexity index is 1060. The number of pyridine rings is 1. The Kier molecular flexibility index (Phi) is 6.56. The molecule has 8 heteroatoms. The van der Waals surface area contributed by atoms with E-state index >= 15 is 0 Å². The molecule has 1 saturated carbocycles. The van der Waals surface area contributed by atoms with Gasteiger partial charge in [-0.15, -0.1) is 0 Å². The summed E-state index contributed by atoms with van der Waals surface area (Å²) < 4.78 is 12.4. The van der Waals surface area contributed by atoms with Crippen LogP contribution in [0.25, 0.3) is 0 Å². The van der Waals surface area contributed by atoms with Crippen molar-refractivity contribution in [1.82, 2.24) is 20.1 Å². The van der Waals surface area contributed by atoms with E-state index in [9.17, 15) is 9.59 Å². The lowest BCUT2D eigenvalue weighted by atomic mass is 10.2. The van der Waals surface area contributed by atoms with Crippen LogP contribution in [0, 0.1) is 5.92 Å². The number of hydrogen-bond donors (Lipinski definition) is 1. The molecule has 2 aromatic heterocycles. The molecule has 0 aliphatic heterocycles. The Balaban J connectivity index is 1.28. The molecular weight excluding hydrogens is 396 g/mol. The first kappa shape index (κ1) is 20.6. The van der Waals surface area contributed by atoms with E-state index in [1.807, 2.05) is 36.4 Å². The molecule has 0 atom stereocenters. The van der Waals surface area contributed by atoms with Crippen molar-refractivity contribution in [3.63, 3.8) is 0 Å². The molecule has 1 aromatic carbocycles. The van der Waals surface area contributed by atoms with Gasteiger partial charge < -0.3 is 14.8 Å². The summed E-state index contributed by atoms with van der Waals surface area (Å²) in [5.41, 5.74) is 0.715. The van der Waals surface area contributed by atoms with Gasteiger partial charge in [0, 0.05) is 24.9 Å². The minimum Gasteiger partial charge on any atom is -0.492 e. The number of carbonyl (C=O) groups is 1. The third kappa shape index (κ3) is 6.15. The first-order valence-electron chi connectivity index (χ1n) is 10.3. The summed E-state index contributed by atoms with van der Waals surface area (Å²) in [6, 6.07) is 15.7.